The number of fused-ring (bicyclic) bond motifs is 1. The summed E-state index contributed by atoms with van der Waals surface area (Å²) in [4.78, 5) is 19.2. The van der Waals surface area contributed by atoms with E-state index in [-0.39, 0.29) is 5.91 Å². The highest BCUT2D eigenvalue weighted by atomic mass is 32.1. The van der Waals surface area contributed by atoms with E-state index in [4.69, 9.17) is 0 Å². The number of hydrogen-bond acceptors (Lipinski definition) is 4. The van der Waals surface area contributed by atoms with Crippen LogP contribution in [0.25, 0.3) is 10.8 Å². The lowest BCUT2D eigenvalue weighted by molar-refractivity contribution is 0.0946. The molecule has 0 aliphatic carbocycles. The molecule has 1 aliphatic rings. The van der Waals surface area contributed by atoms with E-state index in [1.54, 1.807) is 11.3 Å². The van der Waals surface area contributed by atoms with Gasteiger partial charge in [-0.05, 0) is 41.7 Å². The quantitative estimate of drug-likeness (QED) is 0.774. The maximum Gasteiger partial charge on any atom is 0.251 e. The molecule has 25 heavy (non-hydrogen) atoms. The smallest absolute Gasteiger partial charge is 0.251 e. The van der Waals surface area contributed by atoms with Gasteiger partial charge in [0.25, 0.3) is 5.91 Å². The SMILES string of the molecule is O=C(NCC1CCCN(c2nccs2)C1)c1ccc2ccccc2c1. The first-order valence-electron chi connectivity index (χ1n) is 8.71. The fraction of sp³-hybridized carbons (Fsp3) is 0.300. The van der Waals surface area contributed by atoms with Gasteiger partial charge in [-0.15, -0.1) is 11.3 Å². The Morgan fingerprint density at radius 3 is 2.96 bits per heavy atom. The third kappa shape index (κ3) is 3.66. The van der Waals surface area contributed by atoms with Crippen LogP contribution in [0.5, 0.6) is 0 Å². The van der Waals surface area contributed by atoms with Gasteiger partial charge < -0.3 is 10.2 Å². The standard InChI is InChI=1S/C20H21N3OS/c24-19(18-8-7-16-5-1-2-6-17(16)12-18)22-13-15-4-3-10-23(14-15)20-21-9-11-25-20/h1-2,5-9,11-12,15H,3-4,10,13-14H2,(H,22,24). The maximum absolute atomic E-state index is 12.5. The second-order valence-electron chi connectivity index (χ2n) is 6.54. The van der Waals surface area contributed by atoms with E-state index >= 15 is 0 Å². The minimum atomic E-state index is 0.0112. The number of thiazole rings is 1. The van der Waals surface area contributed by atoms with Gasteiger partial charge in [0, 0.05) is 36.8 Å². The zero-order valence-electron chi connectivity index (χ0n) is 14.0. The summed E-state index contributed by atoms with van der Waals surface area (Å²) >= 11 is 1.68. The Hall–Kier alpha value is -2.40. The average molecular weight is 351 g/mol. The highest BCUT2D eigenvalue weighted by Crippen LogP contribution is 2.24. The molecular weight excluding hydrogens is 330 g/mol. The molecule has 3 aromatic rings. The monoisotopic (exact) mass is 351 g/mol. The highest BCUT2D eigenvalue weighted by Gasteiger charge is 2.22. The summed E-state index contributed by atoms with van der Waals surface area (Å²) in [5.74, 6) is 0.485. The normalized spacial score (nSPS) is 17.6. The van der Waals surface area contributed by atoms with E-state index in [0.29, 0.717) is 12.5 Å². The number of hydrogen-bond donors (Lipinski definition) is 1. The Balaban J connectivity index is 1.37. The number of anilines is 1. The molecule has 1 N–H and O–H groups in total. The van der Waals surface area contributed by atoms with Crippen molar-refractivity contribution in [3.05, 3.63) is 59.6 Å². The molecule has 1 unspecified atom stereocenters. The Labute approximate surface area is 151 Å². The molecule has 5 heteroatoms. The van der Waals surface area contributed by atoms with Crippen LogP contribution in [0, 0.1) is 5.92 Å². The van der Waals surface area contributed by atoms with Crippen LogP contribution in [0.1, 0.15) is 23.2 Å². The number of aromatic nitrogens is 1. The maximum atomic E-state index is 12.5. The summed E-state index contributed by atoms with van der Waals surface area (Å²) in [6, 6.07) is 14.0. The second kappa shape index (κ2) is 7.23. The summed E-state index contributed by atoms with van der Waals surface area (Å²) in [7, 11) is 0. The topological polar surface area (TPSA) is 45.2 Å². The van der Waals surface area contributed by atoms with Crippen molar-refractivity contribution in [2.75, 3.05) is 24.5 Å². The average Bonchev–Trinajstić information content (AvgIpc) is 3.21. The number of carbonyl (C=O) groups excluding carboxylic acids is 1. The van der Waals surface area contributed by atoms with Crippen molar-refractivity contribution in [1.29, 1.82) is 0 Å². The van der Waals surface area contributed by atoms with Crippen LogP contribution in [0.15, 0.2) is 54.0 Å². The number of amides is 1. The molecule has 1 atom stereocenters. The Morgan fingerprint density at radius 1 is 1.24 bits per heavy atom. The predicted molar refractivity (Wildman–Crippen MR) is 103 cm³/mol. The molecule has 4 nitrogen and oxygen atoms in total. The highest BCUT2D eigenvalue weighted by molar-refractivity contribution is 7.13. The van der Waals surface area contributed by atoms with Gasteiger partial charge in [-0.2, -0.15) is 0 Å². The molecule has 2 heterocycles. The minimum Gasteiger partial charge on any atom is -0.352 e. The molecule has 0 saturated carbocycles. The predicted octanol–water partition coefficient (Wildman–Crippen LogP) is 3.94. The molecule has 1 amide bonds. The van der Waals surface area contributed by atoms with Gasteiger partial charge in [0.15, 0.2) is 5.13 Å². The molecule has 0 radical (unpaired) electrons. The molecule has 4 rings (SSSR count). The zero-order chi connectivity index (χ0) is 17.1. The van der Waals surface area contributed by atoms with Crippen molar-refractivity contribution in [2.24, 2.45) is 5.92 Å². The van der Waals surface area contributed by atoms with E-state index in [1.807, 2.05) is 48.0 Å². The molecule has 128 valence electrons. The summed E-state index contributed by atoms with van der Waals surface area (Å²) in [5.41, 5.74) is 0.728. The molecular formula is C20H21N3OS. The summed E-state index contributed by atoms with van der Waals surface area (Å²) in [5, 5.41) is 8.48. The van der Waals surface area contributed by atoms with Gasteiger partial charge in [-0.25, -0.2) is 4.98 Å². The van der Waals surface area contributed by atoms with Gasteiger partial charge in [-0.1, -0.05) is 30.3 Å². The van der Waals surface area contributed by atoms with Crippen molar-refractivity contribution in [2.45, 2.75) is 12.8 Å². The van der Waals surface area contributed by atoms with E-state index in [2.05, 4.69) is 21.3 Å². The van der Waals surface area contributed by atoms with Crippen molar-refractivity contribution in [3.8, 4) is 0 Å². The van der Waals surface area contributed by atoms with E-state index in [9.17, 15) is 4.79 Å². The first-order valence-corrected chi connectivity index (χ1v) is 9.59. The van der Waals surface area contributed by atoms with Gasteiger partial charge in [0.2, 0.25) is 0 Å². The zero-order valence-corrected chi connectivity index (χ0v) is 14.8. The number of nitrogens with one attached hydrogen (secondary N) is 1. The molecule has 1 saturated heterocycles. The van der Waals surface area contributed by atoms with Gasteiger partial charge >= 0.3 is 0 Å². The van der Waals surface area contributed by atoms with E-state index < -0.39 is 0 Å². The largest absolute Gasteiger partial charge is 0.352 e. The van der Waals surface area contributed by atoms with Crippen LogP contribution in [-0.2, 0) is 0 Å². The van der Waals surface area contributed by atoms with Crippen LogP contribution in [0.2, 0.25) is 0 Å². The van der Waals surface area contributed by atoms with Crippen LogP contribution >= 0.6 is 11.3 Å². The van der Waals surface area contributed by atoms with Crippen LogP contribution in [-0.4, -0.2) is 30.5 Å². The molecule has 2 aromatic carbocycles. The van der Waals surface area contributed by atoms with Crippen molar-refractivity contribution >= 4 is 33.1 Å². The van der Waals surface area contributed by atoms with Gasteiger partial charge in [0.1, 0.15) is 0 Å². The molecule has 0 bridgehead atoms. The molecule has 1 aromatic heterocycles. The summed E-state index contributed by atoms with van der Waals surface area (Å²) in [6.07, 6.45) is 4.15. The Morgan fingerprint density at radius 2 is 2.12 bits per heavy atom. The number of carbonyl (C=O) groups is 1. The summed E-state index contributed by atoms with van der Waals surface area (Å²) in [6.45, 7) is 2.74. The number of nitrogens with zero attached hydrogens (tertiary/aromatic N) is 2. The molecule has 1 fully saturated rings. The minimum absolute atomic E-state index is 0.0112. The van der Waals surface area contributed by atoms with E-state index in [1.165, 1.54) is 0 Å². The van der Waals surface area contributed by atoms with Crippen LogP contribution in [0.4, 0.5) is 5.13 Å². The second-order valence-corrected chi connectivity index (χ2v) is 7.41. The Kier molecular flexibility index (Phi) is 4.65. The lowest BCUT2D eigenvalue weighted by Gasteiger charge is -2.32. The van der Waals surface area contributed by atoms with Crippen molar-refractivity contribution in [1.82, 2.24) is 10.3 Å². The van der Waals surface area contributed by atoms with Crippen LogP contribution < -0.4 is 10.2 Å². The summed E-state index contributed by atoms with van der Waals surface area (Å²) < 4.78 is 0. The fourth-order valence-corrected chi connectivity index (χ4v) is 4.13. The van der Waals surface area contributed by atoms with Gasteiger partial charge in [-0.3, -0.25) is 4.79 Å². The lowest BCUT2D eigenvalue weighted by Crippen LogP contribution is -2.41. The first kappa shape index (κ1) is 16.1. The van der Waals surface area contributed by atoms with Crippen LogP contribution in [0.3, 0.4) is 0 Å². The lowest BCUT2D eigenvalue weighted by atomic mass is 9.98. The number of piperidine rings is 1. The molecule has 0 spiro atoms. The molecule has 1 aliphatic heterocycles. The first-order chi connectivity index (χ1) is 12.3. The Bertz CT molecular complexity index is 862. The van der Waals surface area contributed by atoms with Crippen molar-refractivity contribution in [3.63, 3.8) is 0 Å². The number of benzene rings is 2. The third-order valence-corrected chi connectivity index (χ3v) is 5.60. The number of rotatable bonds is 4. The van der Waals surface area contributed by atoms with E-state index in [0.717, 1.165) is 47.4 Å². The fourth-order valence-electron chi connectivity index (χ4n) is 3.45. The van der Waals surface area contributed by atoms with Crippen molar-refractivity contribution < 1.29 is 4.79 Å². The van der Waals surface area contributed by atoms with Gasteiger partial charge in [0.05, 0.1) is 0 Å². The third-order valence-electron chi connectivity index (χ3n) is 4.77.